The number of aromatic nitrogens is 5. The van der Waals surface area contributed by atoms with Gasteiger partial charge < -0.3 is 5.32 Å². The van der Waals surface area contributed by atoms with Crippen molar-refractivity contribution in [3.05, 3.63) is 77.7 Å². The second-order valence-electron chi connectivity index (χ2n) is 7.17. The summed E-state index contributed by atoms with van der Waals surface area (Å²) in [5.41, 5.74) is 5.59. The van der Waals surface area contributed by atoms with E-state index in [0.29, 0.717) is 16.7 Å². The molecule has 0 unspecified atom stereocenters. The second-order valence-corrected chi connectivity index (χ2v) is 8.11. The number of para-hydroxylation sites is 1. The van der Waals surface area contributed by atoms with Gasteiger partial charge in [0.2, 0.25) is 5.91 Å². The summed E-state index contributed by atoms with van der Waals surface area (Å²) in [5, 5.41) is 12.3. The predicted molar refractivity (Wildman–Crippen MR) is 122 cm³/mol. The van der Waals surface area contributed by atoms with Crippen molar-refractivity contribution in [2.45, 2.75) is 25.9 Å². The third-order valence-corrected chi connectivity index (χ3v) is 5.72. The molecule has 0 aliphatic rings. The SMILES string of the molecule is Cc1ccc(-n2c(SCC(=O)Nc3c(C)cccc3C)nnc2-c2cnccn2)cc1. The van der Waals surface area contributed by atoms with Crippen LogP contribution in [0.1, 0.15) is 16.7 Å². The van der Waals surface area contributed by atoms with Crippen LogP contribution < -0.4 is 5.32 Å². The number of rotatable bonds is 6. The monoisotopic (exact) mass is 430 g/mol. The van der Waals surface area contributed by atoms with E-state index in [-0.39, 0.29) is 11.7 Å². The van der Waals surface area contributed by atoms with Gasteiger partial charge in [0.15, 0.2) is 11.0 Å². The summed E-state index contributed by atoms with van der Waals surface area (Å²) in [5.74, 6) is 0.689. The fourth-order valence-electron chi connectivity index (χ4n) is 3.19. The van der Waals surface area contributed by atoms with Crippen molar-refractivity contribution in [2.75, 3.05) is 11.1 Å². The molecule has 0 saturated carbocycles. The highest BCUT2D eigenvalue weighted by atomic mass is 32.2. The molecular weight excluding hydrogens is 408 g/mol. The largest absolute Gasteiger partial charge is 0.325 e. The number of hydrogen-bond donors (Lipinski definition) is 1. The molecule has 4 aromatic rings. The zero-order valence-corrected chi connectivity index (χ0v) is 18.3. The first-order chi connectivity index (χ1) is 15.0. The molecule has 0 radical (unpaired) electrons. The molecule has 2 aromatic heterocycles. The summed E-state index contributed by atoms with van der Waals surface area (Å²) < 4.78 is 1.90. The number of carbonyl (C=O) groups excluding carboxylic acids is 1. The molecule has 1 amide bonds. The first kappa shape index (κ1) is 20.7. The van der Waals surface area contributed by atoms with Gasteiger partial charge in [-0.1, -0.05) is 47.7 Å². The topological polar surface area (TPSA) is 85.6 Å². The van der Waals surface area contributed by atoms with Crippen LogP contribution in [0.3, 0.4) is 0 Å². The maximum absolute atomic E-state index is 12.6. The number of aryl methyl sites for hydroxylation is 3. The van der Waals surface area contributed by atoms with Crippen LogP contribution in [0.4, 0.5) is 5.69 Å². The van der Waals surface area contributed by atoms with Crippen LogP contribution >= 0.6 is 11.8 Å². The van der Waals surface area contributed by atoms with E-state index in [2.05, 4.69) is 25.5 Å². The van der Waals surface area contributed by atoms with Gasteiger partial charge >= 0.3 is 0 Å². The van der Waals surface area contributed by atoms with E-state index in [1.165, 1.54) is 11.8 Å². The molecule has 0 spiro atoms. The Morgan fingerprint density at radius 2 is 1.74 bits per heavy atom. The molecule has 7 nitrogen and oxygen atoms in total. The van der Waals surface area contributed by atoms with Crippen LogP contribution in [0.5, 0.6) is 0 Å². The molecule has 0 atom stereocenters. The molecule has 2 aromatic carbocycles. The number of nitrogens with one attached hydrogen (secondary N) is 1. The van der Waals surface area contributed by atoms with Crippen molar-refractivity contribution in [3.8, 4) is 17.2 Å². The summed E-state index contributed by atoms with van der Waals surface area (Å²) in [7, 11) is 0. The quantitative estimate of drug-likeness (QED) is 0.457. The number of hydrogen-bond acceptors (Lipinski definition) is 6. The van der Waals surface area contributed by atoms with Crippen LogP contribution in [-0.2, 0) is 4.79 Å². The highest BCUT2D eigenvalue weighted by Crippen LogP contribution is 2.27. The third-order valence-electron chi connectivity index (χ3n) is 4.80. The average molecular weight is 431 g/mol. The average Bonchev–Trinajstić information content (AvgIpc) is 3.20. The van der Waals surface area contributed by atoms with E-state index in [4.69, 9.17) is 0 Å². The number of thioether (sulfide) groups is 1. The van der Waals surface area contributed by atoms with Crippen molar-refractivity contribution in [1.29, 1.82) is 0 Å². The minimum atomic E-state index is -0.0955. The molecule has 0 saturated heterocycles. The highest BCUT2D eigenvalue weighted by molar-refractivity contribution is 7.99. The highest BCUT2D eigenvalue weighted by Gasteiger charge is 2.18. The number of anilines is 1. The molecule has 31 heavy (non-hydrogen) atoms. The lowest BCUT2D eigenvalue weighted by Crippen LogP contribution is -2.16. The second kappa shape index (κ2) is 9.09. The summed E-state index contributed by atoms with van der Waals surface area (Å²) >= 11 is 1.33. The Morgan fingerprint density at radius 1 is 1.00 bits per heavy atom. The van der Waals surface area contributed by atoms with Gasteiger partial charge in [0, 0.05) is 23.8 Å². The van der Waals surface area contributed by atoms with E-state index < -0.39 is 0 Å². The Hall–Kier alpha value is -3.52. The normalized spacial score (nSPS) is 10.8. The Kier molecular flexibility index (Phi) is 6.08. The molecule has 1 N–H and O–H groups in total. The lowest BCUT2D eigenvalue weighted by atomic mass is 10.1. The molecule has 8 heteroatoms. The zero-order chi connectivity index (χ0) is 21.8. The summed E-state index contributed by atoms with van der Waals surface area (Å²) in [6, 6.07) is 14.0. The Bertz CT molecular complexity index is 1180. The van der Waals surface area contributed by atoms with Crippen molar-refractivity contribution in [2.24, 2.45) is 0 Å². The lowest BCUT2D eigenvalue weighted by Gasteiger charge is -2.12. The van der Waals surface area contributed by atoms with Crippen LogP contribution in [0.2, 0.25) is 0 Å². The van der Waals surface area contributed by atoms with Gasteiger partial charge in [-0.3, -0.25) is 14.3 Å². The Morgan fingerprint density at radius 3 is 2.42 bits per heavy atom. The Labute approximate surface area is 185 Å². The minimum Gasteiger partial charge on any atom is -0.325 e. The van der Waals surface area contributed by atoms with Crippen LogP contribution in [0.15, 0.2) is 66.2 Å². The first-order valence-corrected chi connectivity index (χ1v) is 10.8. The standard InChI is InChI=1S/C23H22N6OS/c1-15-7-9-18(10-8-15)29-22(19-13-24-11-12-25-19)27-28-23(29)31-14-20(30)26-21-16(2)5-4-6-17(21)3/h4-13H,14H2,1-3H3,(H,26,30). The predicted octanol–water partition coefficient (Wildman–Crippen LogP) is 4.38. The van der Waals surface area contributed by atoms with E-state index in [0.717, 1.165) is 28.1 Å². The molecular formula is C23H22N6OS. The lowest BCUT2D eigenvalue weighted by molar-refractivity contribution is -0.113. The smallest absolute Gasteiger partial charge is 0.234 e. The van der Waals surface area contributed by atoms with Crippen molar-refractivity contribution < 1.29 is 4.79 Å². The van der Waals surface area contributed by atoms with Crippen molar-refractivity contribution in [3.63, 3.8) is 0 Å². The summed E-state index contributed by atoms with van der Waals surface area (Å²) in [6.07, 6.45) is 4.88. The van der Waals surface area contributed by atoms with Crippen LogP contribution in [-0.4, -0.2) is 36.4 Å². The van der Waals surface area contributed by atoms with E-state index in [1.807, 2.05) is 67.8 Å². The minimum absolute atomic E-state index is 0.0955. The van der Waals surface area contributed by atoms with Gasteiger partial charge in [-0.05, 0) is 44.0 Å². The number of nitrogens with zero attached hydrogens (tertiary/aromatic N) is 5. The zero-order valence-electron chi connectivity index (χ0n) is 17.5. The van der Waals surface area contributed by atoms with Gasteiger partial charge in [0.05, 0.1) is 11.9 Å². The van der Waals surface area contributed by atoms with Crippen LogP contribution in [0, 0.1) is 20.8 Å². The van der Waals surface area contributed by atoms with Gasteiger partial charge in [-0.15, -0.1) is 10.2 Å². The molecule has 0 aliphatic heterocycles. The third kappa shape index (κ3) is 4.64. The number of amides is 1. The first-order valence-electron chi connectivity index (χ1n) is 9.80. The maximum atomic E-state index is 12.6. The summed E-state index contributed by atoms with van der Waals surface area (Å²) in [6.45, 7) is 6.00. The van der Waals surface area contributed by atoms with E-state index in [1.54, 1.807) is 18.6 Å². The molecule has 0 aliphatic carbocycles. The van der Waals surface area contributed by atoms with Gasteiger partial charge in [-0.2, -0.15) is 0 Å². The fourth-order valence-corrected chi connectivity index (χ4v) is 3.94. The molecule has 156 valence electrons. The van der Waals surface area contributed by atoms with Crippen molar-refractivity contribution in [1.82, 2.24) is 24.7 Å². The molecule has 0 fully saturated rings. The number of benzene rings is 2. The Balaban J connectivity index is 1.60. The molecule has 0 bridgehead atoms. The number of carbonyl (C=O) groups is 1. The fraction of sp³-hybridized carbons (Fsp3) is 0.174. The van der Waals surface area contributed by atoms with Gasteiger partial charge in [0.1, 0.15) is 5.69 Å². The molecule has 2 heterocycles. The van der Waals surface area contributed by atoms with Gasteiger partial charge in [0.25, 0.3) is 0 Å². The van der Waals surface area contributed by atoms with E-state index >= 15 is 0 Å². The summed E-state index contributed by atoms with van der Waals surface area (Å²) in [4.78, 5) is 21.2. The maximum Gasteiger partial charge on any atom is 0.234 e. The van der Waals surface area contributed by atoms with Crippen molar-refractivity contribution >= 4 is 23.4 Å². The van der Waals surface area contributed by atoms with Crippen LogP contribution in [0.25, 0.3) is 17.2 Å². The van der Waals surface area contributed by atoms with Gasteiger partial charge in [-0.25, -0.2) is 4.98 Å². The van der Waals surface area contributed by atoms with E-state index in [9.17, 15) is 4.79 Å². The molecule has 4 rings (SSSR count).